The Hall–Kier alpha value is -2.34. The van der Waals surface area contributed by atoms with Gasteiger partial charge in [0.1, 0.15) is 11.6 Å². The maximum Gasteiger partial charge on any atom is 0.347 e. The summed E-state index contributed by atoms with van der Waals surface area (Å²) in [5.41, 5.74) is 2.53. The number of methoxy groups -OCH3 is 1. The summed E-state index contributed by atoms with van der Waals surface area (Å²) < 4.78 is 5.12. The summed E-state index contributed by atoms with van der Waals surface area (Å²) in [7, 11) is 1.63. The lowest BCUT2D eigenvalue weighted by atomic mass is 10.1. The second-order valence-corrected chi connectivity index (χ2v) is 4.63. The van der Waals surface area contributed by atoms with E-state index in [1.54, 1.807) is 7.11 Å². The Morgan fingerprint density at radius 1 is 1.30 bits per heavy atom. The first kappa shape index (κ1) is 12.7. The molecule has 20 heavy (non-hydrogen) atoms. The van der Waals surface area contributed by atoms with Gasteiger partial charge in [0.2, 0.25) is 0 Å². The molecule has 0 bridgehead atoms. The molecular formula is C14H16N4O2. The minimum absolute atomic E-state index is 0.330. The zero-order chi connectivity index (χ0) is 13.9. The van der Waals surface area contributed by atoms with E-state index < -0.39 is 0 Å². The van der Waals surface area contributed by atoms with Crippen LogP contribution in [0.5, 0.6) is 5.75 Å². The van der Waals surface area contributed by atoms with Crippen molar-refractivity contribution in [3.05, 3.63) is 46.0 Å². The number of nitrogens with zero attached hydrogens (tertiary/aromatic N) is 1. The van der Waals surface area contributed by atoms with Crippen molar-refractivity contribution in [2.75, 3.05) is 19.0 Å². The maximum absolute atomic E-state index is 11.6. The van der Waals surface area contributed by atoms with Crippen molar-refractivity contribution in [2.45, 2.75) is 13.0 Å². The molecule has 1 aliphatic heterocycles. The van der Waals surface area contributed by atoms with Crippen LogP contribution in [0.1, 0.15) is 11.3 Å². The monoisotopic (exact) mass is 272 g/mol. The van der Waals surface area contributed by atoms with Gasteiger partial charge in [0.15, 0.2) is 0 Å². The van der Waals surface area contributed by atoms with Crippen molar-refractivity contribution in [3.63, 3.8) is 0 Å². The molecule has 3 N–H and O–H groups in total. The van der Waals surface area contributed by atoms with Crippen molar-refractivity contribution in [1.29, 1.82) is 0 Å². The quantitative estimate of drug-likeness (QED) is 0.781. The lowest BCUT2D eigenvalue weighted by Crippen LogP contribution is -2.29. The third-order valence-electron chi connectivity index (χ3n) is 3.33. The minimum atomic E-state index is -0.330. The largest absolute Gasteiger partial charge is 0.497 e. The molecule has 6 nitrogen and oxygen atoms in total. The van der Waals surface area contributed by atoms with E-state index in [9.17, 15) is 4.79 Å². The van der Waals surface area contributed by atoms with Crippen LogP contribution in [0.25, 0.3) is 0 Å². The van der Waals surface area contributed by atoms with Gasteiger partial charge in [0, 0.05) is 23.5 Å². The molecule has 3 rings (SSSR count). The van der Waals surface area contributed by atoms with E-state index in [0.717, 1.165) is 35.7 Å². The van der Waals surface area contributed by atoms with Gasteiger partial charge >= 0.3 is 5.69 Å². The number of aromatic amines is 1. The van der Waals surface area contributed by atoms with Crippen molar-refractivity contribution in [3.8, 4) is 5.75 Å². The number of anilines is 2. The second-order valence-electron chi connectivity index (χ2n) is 4.63. The highest BCUT2D eigenvalue weighted by molar-refractivity contribution is 5.61. The van der Waals surface area contributed by atoms with Crippen molar-refractivity contribution in [1.82, 2.24) is 15.3 Å². The van der Waals surface area contributed by atoms with Gasteiger partial charge in [0.25, 0.3) is 0 Å². The molecule has 0 aliphatic carbocycles. The van der Waals surface area contributed by atoms with Crippen LogP contribution >= 0.6 is 0 Å². The molecular weight excluding hydrogens is 256 g/mol. The third-order valence-corrected chi connectivity index (χ3v) is 3.33. The Bertz CT molecular complexity index is 664. The number of benzene rings is 1. The summed E-state index contributed by atoms with van der Waals surface area (Å²) in [6, 6.07) is 7.53. The van der Waals surface area contributed by atoms with Gasteiger partial charge in [-0.25, -0.2) is 4.79 Å². The van der Waals surface area contributed by atoms with Gasteiger partial charge in [-0.05, 0) is 37.2 Å². The van der Waals surface area contributed by atoms with Crippen LogP contribution in [0.15, 0.2) is 29.1 Å². The molecule has 1 aliphatic rings. The standard InChI is InChI=1S/C14H16N4O2/c1-20-10-4-2-9(3-5-10)16-13-11-6-7-15-8-12(11)17-14(19)18-13/h2-5,15H,6-8H2,1H3,(H2,16,17,18,19). The predicted octanol–water partition coefficient (Wildman–Crippen LogP) is 1.17. The van der Waals surface area contributed by atoms with Gasteiger partial charge in [-0.3, -0.25) is 0 Å². The van der Waals surface area contributed by atoms with Gasteiger partial charge in [-0.15, -0.1) is 0 Å². The smallest absolute Gasteiger partial charge is 0.347 e. The Labute approximate surface area is 116 Å². The molecule has 1 aromatic carbocycles. The molecule has 1 aromatic heterocycles. The summed E-state index contributed by atoms with van der Waals surface area (Å²) >= 11 is 0. The zero-order valence-electron chi connectivity index (χ0n) is 11.2. The van der Waals surface area contributed by atoms with Crippen molar-refractivity contribution < 1.29 is 4.74 Å². The molecule has 6 heteroatoms. The molecule has 2 aromatic rings. The average molecular weight is 272 g/mol. The van der Waals surface area contributed by atoms with E-state index in [1.165, 1.54) is 0 Å². The van der Waals surface area contributed by atoms with Gasteiger partial charge < -0.3 is 20.4 Å². The summed E-state index contributed by atoms with van der Waals surface area (Å²) in [4.78, 5) is 18.4. The molecule has 104 valence electrons. The highest BCUT2D eigenvalue weighted by atomic mass is 16.5. The average Bonchev–Trinajstić information content (AvgIpc) is 2.48. The lowest BCUT2D eigenvalue weighted by Gasteiger charge is -2.19. The molecule has 0 spiro atoms. The van der Waals surface area contributed by atoms with E-state index in [0.29, 0.717) is 12.4 Å². The van der Waals surface area contributed by atoms with Crippen LogP contribution in [-0.4, -0.2) is 23.6 Å². The van der Waals surface area contributed by atoms with Crippen molar-refractivity contribution >= 4 is 11.5 Å². The van der Waals surface area contributed by atoms with E-state index in [-0.39, 0.29) is 5.69 Å². The van der Waals surface area contributed by atoms with Gasteiger partial charge in [-0.1, -0.05) is 0 Å². The first-order chi connectivity index (χ1) is 9.76. The molecule has 0 atom stereocenters. The number of ether oxygens (including phenoxy) is 1. The topological polar surface area (TPSA) is 79.0 Å². The predicted molar refractivity (Wildman–Crippen MR) is 76.5 cm³/mol. The Kier molecular flexibility index (Phi) is 3.39. The SMILES string of the molecule is COc1ccc(Nc2nc(=O)[nH]c3c2CCNC3)cc1. The Morgan fingerprint density at radius 3 is 2.85 bits per heavy atom. The van der Waals surface area contributed by atoms with Crippen LogP contribution in [0.4, 0.5) is 11.5 Å². The van der Waals surface area contributed by atoms with Gasteiger partial charge in [0.05, 0.1) is 7.11 Å². The fourth-order valence-corrected chi connectivity index (χ4v) is 2.31. The van der Waals surface area contributed by atoms with E-state index in [4.69, 9.17) is 4.74 Å². The van der Waals surface area contributed by atoms with Gasteiger partial charge in [-0.2, -0.15) is 4.98 Å². The molecule has 2 heterocycles. The number of hydrogen-bond acceptors (Lipinski definition) is 5. The minimum Gasteiger partial charge on any atom is -0.497 e. The number of H-pyrrole nitrogens is 1. The molecule has 0 fully saturated rings. The lowest BCUT2D eigenvalue weighted by molar-refractivity contribution is 0.415. The number of aromatic nitrogens is 2. The number of fused-ring (bicyclic) bond motifs is 1. The summed E-state index contributed by atoms with van der Waals surface area (Å²) in [5, 5.41) is 6.44. The third kappa shape index (κ3) is 2.50. The first-order valence-electron chi connectivity index (χ1n) is 6.50. The maximum atomic E-state index is 11.6. The second kappa shape index (κ2) is 5.34. The highest BCUT2D eigenvalue weighted by Crippen LogP contribution is 2.23. The molecule has 0 radical (unpaired) electrons. The Morgan fingerprint density at radius 2 is 2.10 bits per heavy atom. The van der Waals surface area contributed by atoms with Crippen molar-refractivity contribution in [2.24, 2.45) is 0 Å². The van der Waals surface area contributed by atoms with E-state index >= 15 is 0 Å². The summed E-state index contributed by atoms with van der Waals surface area (Å²) in [5.74, 6) is 1.43. The molecule has 0 amide bonds. The number of rotatable bonds is 3. The summed E-state index contributed by atoms with van der Waals surface area (Å²) in [6.45, 7) is 1.56. The number of nitrogens with one attached hydrogen (secondary N) is 3. The Balaban J connectivity index is 1.93. The van der Waals surface area contributed by atoms with Crippen LogP contribution in [0, 0.1) is 0 Å². The highest BCUT2D eigenvalue weighted by Gasteiger charge is 2.15. The molecule has 0 unspecified atom stereocenters. The molecule has 0 saturated carbocycles. The summed E-state index contributed by atoms with van der Waals surface area (Å²) in [6.07, 6.45) is 0.845. The van der Waals surface area contributed by atoms with E-state index in [1.807, 2.05) is 24.3 Å². The van der Waals surface area contributed by atoms with Crippen LogP contribution in [0.3, 0.4) is 0 Å². The van der Waals surface area contributed by atoms with Crippen LogP contribution in [0.2, 0.25) is 0 Å². The van der Waals surface area contributed by atoms with Crippen LogP contribution < -0.4 is 21.1 Å². The van der Waals surface area contributed by atoms with Crippen LogP contribution in [-0.2, 0) is 13.0 Å². The first-order valence-corrected chi connectivity index (χ1v) is 6.50. The fraction of sp³-hybridized carbons (Fsp3) is 0.286. The van der Waals surface area contributed by atoms with E-state index in [2.05, 4.69) is 20.6 Å². The number of hydrogen-bond donors (Lipinski definition) is 3. The zero-order valence-corrected chi connectivity index (χ0v) is 11.2. The normalized spacial score (nSPS) is 13.7. The fourth-order valence-electron chi connectivity index (χ4n) is 2.31. The molecule has 0 saturated heterocycles.